The first-order valence-electron chi connectivity index (χ1n) is 5.54. The van der Waals surface area contributed by atoms with Gasteiger partial charge in [-0.25, -0.2) is 0 Å². The van der Waals surface area contributed by atoms with Crippen LogP contribution in [0.25, 0.3) is 0 Å². The second kappa shape index (κ2) is 5.15. The van der Waals surface area contributed by atoms with Gasteiger partial charge < -0.3 is 10.2 Å². The minimum absolute atomic E-state index is 0.135. The van der Waals surface area contributed by atoms with Crippen LogP contribution in [0.3, 0.4) is 0 Å². The van der Waals surface area contributed by atoms with Gasteiger partial charge in [-0.2, -0.15) is 5.26 Å². The summed E-state index contributed by atoms with van der Waals surface area (Å²) in [4.78, 5) is 26.9. The molecule has 0 spiro atoms. The topological polar surface area (TPSA) is 76.4 Å². The third kappa shape index (κ3) is 3.17. The van der Waals surface area contributed by atoms with Crippen molar-refractivity contribution in [1.29, 1.82) is 5.26 Å². The van der Waals surface area contributed by atoms with Crippen molar-refractivity contribution in [2.75, 3.05) is 33.2 Å². The van der Waals surface area contributed by atoms with Crippen LogP contribution in [-0.4, -0.2) is 60.4 Å². The Morgan fingerprint density at radius 3 is 2.59 bits per heavy atom. The van der Waals surface area contributed by atoms with Crippen molar-refractivity contribution in [3.63, 3.8) is 0 Å². The Kier molecular flexibility index (Phi) is 4.07. The molecule has 0 radical (unpaired) electrons. The number of carbonyl (C=O) groups is 2. The van der Waals surface area contributed by atoms with E-state index in [1.54, 1.807) is 6.07 Å². The quantitative estimate of drug-likeness (QED) is 0.478. The van der Waals surface area contributed by atoms with Gasteiger partial charge in [-0.3, -0.25) is 14.5 Å². The van der Waals surface area contributed by atoms with E-state index in [-0.39, 0.29) is 12.1 Å². The molecule has 0 aliphatic carbocycles. The van der Waals surface area contributed by atoms with Gasteiger partial charge in [-0.05, 0) is 20.9 Å². The number of likely N-dealkylation sites (N-methyl/N-ethyl adjacent to an activating group) is 1. The number of nitriles is 1. The summed E-state index contributed by atoms with van der Waals surface area (Å²) in [6.45, 7) is 5.71. The van der Waals surface area contributed by atoms with Crippen LogP contribution in [0.2, 0.25) is 0 Å². The Labute approximate surface area is 101 Å². The number of nitrogens with zero attached hydrogens (tertiary/aromatic N) is 3. The molecule has 1 heterocycles. The Hall–Kier alpha value is -1.61. The molecule has 6 heteroatoms. The molecule has 1 N–H and O–H groups in total. The Bertz CT molecular complexity index is 359. The predicted molar refractivity (Wildman–Crippen MR) is 61.9 cm³/mol. The minimum Gasteiger partial charge on any atom is -0.335 e. The summed E-state index contributed by atoms with van der Waals surface area (Å²) in [5.41, 5.74) is -0.135. The monoisotopic (exact) mass is 238 g/mol. The molecule has 0 atom stereocenters. The number of nitrogens with one attached hydrogen (secondary N) is 1. The summed E-state index contributed by atoms with van der Waals surface area (Å²) in [5.74, 6) is -1.26. The van der Waals surface area contributed by atoms with Crippen LogP contribution < -0.4 is 5.32 Å². The highest BCUT2D eigenvalue weighted by Crippen LogP contribution is 2.18. The van der Waals surface area contributed by atoms with Gasteiger partial charge in [-0.1, -0.05) is 0 Å². The number of hydrogen-bond donors (Lipinski definition) is 1. The lowest BCUT2D eigenvalue weighted by Gasteiger charge is -2.44. The highest BCUT2D eigenvalue weighted by atomic mass is 16.2. The van der Waals surface area contributed by atoms with Crippen molar-refractivity contribution in [3.05, 3.63) is 0 Å². The Morgan fingerprint density at radius 1 is 1.41 bits per heavy atom. The summed E-state index contributed by atoms with van der Waals surface area (Å²) in [7, 11) is 2.00. The van der Waals surface area contributed by atoms with Crippen molar-refractivity contribution in [2.24, 2.45) is 0 Å². The normalized spacial score (nSPS) is 19.5. The maximum Gasteiger partial charge on any atom is 0.312 e. The first-order valence-corrected chi connectivity index (χ1v) is 5.54. The predicted octanol–water partition coefficient (Wildman–Crippen LogP) is -0.821. The van der Waals surface area contributed by atoms with Crippen LogP contribution in [-0.2, 0) is 9.59 Å². The van der Waals surface area contributed by atoms with Crippen molar-refractivity contribution in [2.45, 2.75) is 19.4 Å². The molecule has 1 fully saturated rings. The van der Waals surface area contributed by atoms with Crippen LogP contribution in [0, 0.1) is 11.3 Å². The van der Waals surface area contributed by atoms with Crippen molar-refractivity contribution >= 4 is 11.8 Å². The lowest BCUT2D eigenvalue weighted by Crippen LogP contribution is -2.60. The molecular weight excluding hydrogens is 220 g/mol. The molecule has 0 bridgehead atoms. The first-order chi connectivity index (χ1) is 7.88. The molecule has 0 aromatic heterocycles. The number of rotatable bonds is 1. The Balaban J connectivity index is 2.60. The standard InChI is InChI=1S/C11H18N4O2/c1-11(2)8-15(7-6-14(11)3)10(17)9(16)13-5-4-12/h5-8H2,1-3H3,(H,13,16). The van der Waals surface area contributed by atoms with Crippen molar-refractivity contribution in [3.8, 4) is 6.07 Å². The summed E-state index contributed by atoms with van der Waals surface area (Å²) in [5, 5.41) is 10.6. The van der Waals surface area contributed by atoms with Crippen LogP contribution >= 0.6 is 0 Å². The van der Waals surface area contributed by atoms with E-state index in [4.69, 9.17) is 5.26 Å². The van der Waals surface area contributed by atoms with E-state index >= 15 is 0 Å². The van der Waals surface area contributed by atoms with Gasteiger partial charge in [0.25, 0.3) is 0 Å². The highest BCUT2D eigenvalue weighted by molar-refractivity contribution is 6.35. The van der Waals surface area contributed by atoms with E-state index in [1.807, 2.05) is 20.9 Å². The van der Waals surface area contributed by atoms with Gasteiger partial charge >= 0.3 is 11.8 Å². The molecule has 0 aromatic rings. The number of carbonyl (C=O) groups excluding carboxylic acids is 2. The molecule has 0 unspecified atom stereocenters. The largest absolute Gasteiger partial charge is 0.335 e. The second-order valence-corrected chi connectivity index (χ2v) is 4.80. The lowest BCUT2D eigenvalue weighted by atomic mass is 10.00. The molecule has 17 heavy (non-hydrogen) atoms. The van der Waals surface area contributed by atoms with E-state index in [0.717, 1.165) is 6.54 Å². The molecule has 1 saturated heterocycles. The maximum atomic E-state index is 11.8. The van der Waals surface area contributed by atoms with Gasteiger partial charge in [0, 0.05) is 25.2 Å². The van der Waals surface area contributed by atoms with E-state index in [2.05, 4.69) is 10.2 Å². The summed E-state index contributed by atoms with van der Waals surface area (Å²) < 4.78 is 0. The lowest BCUT2D eigenvalue weighted by molar-refractivity contribution is -0.148. The SMILES string of the molecule is CN1CCN(C(=O)C(=O)NCC#N)CC1(C)C. The van der Waals surface area contributed by atoms with Crippen LogP contribution in [0.15, 0.2) is 0 Å². The molecule has 1 aliphatic heterocycles. The van der Waals surface area contributed by atoms with Crippen molar-refractivity contribution in [1.82, 2.24) is 15.1 Å². The van der Waals surface area contributed by atoms with Crippen LogP contribution in [0.4, 0.5) is 0 Å². The molecule has 2 amide bonds. The second-order valence-electron chi connectivity index (χ2n) is 4.80. The molecule has 1 rings (SSSR count). The Morgan fingerprint density at radius 2 is 2.06 bits per heavy atom. The van der Waals surface area contributed by atoms with Gasteiger partial charge in [0.15, 0.2) is 0 Å². The fraction of sp³-hybridized carbons (Fsp3) is 0.727. The molecule has 6 nitrogen and oxygen atoms in total. The van der Waals surface area contributed by atoms with E-state index in [0.29, 0.717) is 13.1 Å². The van der Waals surface area contributed by atoms with Crippen LogP contribution in [0.5, 0.6) is 0 Å². The molecule has 1 aliphatic rings. The molecule has 0 aromatic carbocycles. The summed E-state index contributed by atoms with van der Waals surface area (Å²) in [6, 6.07) is 1.77. The van der Waals surface area contributed by atoms with Crippen molar-refractivity contribution < 1.29 is 9.59 Å². The highest BCUT2D eigenvalue weighted by Gasteiger charge is 2.35. The summed E-state index contributed by atoms with van der Waals surface area (Å²) >= 11 is 0. The van der Waals surface area contributed by atoms with Gasteiger partial charge in [0.2, 0.25) is 0 Å². The smallest absolute Gasteiger partial charge is 0.312 e. The fourth-order valence-corrected chi connectivity index (χ4v) is 1.75. The van der Waals surface area contributed by atoms with E-state index < -0.39 is 11.8 Å². The third-order valence-electron chi connectivity index (χ3n) is 3.13. The number of piperazine rings is 1. The zero-order valence-electron chi connectivity index (χ0n) is 10.5. The number of amides is 2. The molecule has 0 saturated carbocycles. The first kappa shape index (κ1) is 13.5. The average molecular weight is 238 g/mol. The maximum absolute atomic E-state index is 11.8. The molecular formula is C11H18N4O2. The molecule has 94 valence electrons. The van der Waals surface area contributed by atoms with Gasteiger partial charge in [-0.15, -0.1) is 0 Å². The van der Waals surface area contributed by atoms with E-state index in [1.165, 1.54) is 4.90 Å². The fourth-order valence-electron chi connectivity index (χ4n) is 1.75. The zero-order valence-corrected chi connectivity index (χ0v) is 10.5. The van der Waals surface area contributed by atoms with Gasteiger partial charge in [0.1, 0.15) is 6.54 Å². The minimum atomic E-state index is -0.702. The van der Waals surface area contributed by atoms with E-state index in [9.17, 15) is 9.59 Å². The van der Waals surface area contributed by atoms with Gasteiger partial charge in [0.05, 0.1) is 6.07 Å². The third-order valence-corrected chi connectivity index (χ3v) is 3.13. The van der Waals surface area contributed by atoms with Crippen LogP contribution in [0.1, 0.15) is 13.8 Å². The summed E-state index contributed by atoms with van der Waals surface area (Å²) in [6.07, 6.45) is 0. The number of hydrogen-bond acceptors (Lipinski definition) is 4. The zero-order chi connectivity index (χ0) is 13.1. The average Bonchev–Trinajstić information content (AvgIpc) is 2.28.